The lowest BCUT2D eigenvalue weighted by Crippen LogP contribution is -2.15. The number of nitrogens with zero attached hydrogens (tertiary/aromatic N) is 2. The molecule has 1 N–H and O–H groups in total. The second-order valence-corrected chi connectivity index (χ2v) is 6.02. The van der Waals surface area contributed by atoms with Crippen LogP contribution >= 0.6 is 0 Å². The Morgan fingerprint density at radius 1 is 1.04 bits per heavy atom. The van der Waals surface area contributed by atoms with Gasteiger partial charge < -0.3 is 14.8 Å². The molecule has 0 unspecified atom stereocenters. The lowest BCUT2D eigenvalue weighted by molar-refractivity contribution is 0.102. The molecule has 3 aromatic rings. The van der Waals surface area contributed by atoms with E-state index < -0.39 is 0 Å². The summed E-state index contributed by atoms with van der Waals surface area (Å²) in [6.45, 7) is 5.87. The SMILES string of the molecule is CCOc1nc(C)c(NC(=O)c2cccc(Oc3ccc(F)cc3)c2)c(C)n1. The second-order valence-electron chi connectivity index (χ2n) is 6.02. The molecule has 2 aromatic carbocycles. The molecule has 0 bridgehead atoms. The van der Waals surface area contributed by atoms with Gasteiger partial charge >= 0.3 is 6.01 Å². The predicted octanol–water partition coefficient (Wildman–Crippen LogP) is 4.68. The van der Waals surface area contributed by atoms with Crippen LogP contribution in [0.1, 0.15) is 28.7 Å². The number of aromatic nitrogens is 2. The first-order chi connectivity index (χ1) is 13.5. The summed E-state index contributed by atoms with van der Waals surface area (Å²) in [6, 6.07) is 12.7. The smallest absolute Gasteiger partial charge is 0.316 e. The number of amides is 1. The molecule has 1 aromatic heterocycles. The summed E-state index contributed by atoms with van der Waals surface area (Å²) in [5.74, 6) is 0.286. The average Bonchev–Trinajstić information content (AvgIpc) is 2.67. The normalized spacial score (nSPS) is 10.4. The van der Waals surface area contributed by atoms with Gasteiger partial charge in [-0.3, -0.25) is 4.79 Å². The van der Waals surface area contributed by atoms with Crippen molar-refractivity contribution in [3.05, 3.63) is 71.3 Å². The van der Waals surface area contributed by atoms with Gasteiger partial charge in [0, 0.05) is 5.56 Å². The highest BCUT2D eigenvalue weighted by molar-refractivity contribution is 6.05. The summed E-state index contributed by atoms with van der Waals surface area (Å²) in [4.78, 5) is 21.2. The largest absolute Gasteiger partial charge is 0.464 e. The van der Waals surface area contributed by atoms with Crippen molar-refractivity contribution in [1.82, 2.24) is 9.97 Å². The predicted molar refractivity (Wildman–Crippen MR) is 104 cm³/mol. The third-order valence-corrected chi connectivity index (χ3v) is 3.91. The monoisotopic (exact) mass is 381 g/mol. The first-order valence-corrected chi connectivity index (χ1v) is 8.79. The number of carbonyl (C=O) groups excluding carboxylic acids is 1. The number of carbonyl (C=O) groups is 1. The first kappa shape index (κ1) is 19.3. The van der Waals surface area contributed by atoms with Crippen molar-refractivity contribution in [2.45, 2.75) is 20.8 Å². The molecular weight excluding hydrogens is 361 g/mol. The number of aryl methyl sites for hydroxylation is 2. The van der Waals surface area contributed by atoms with Crippen LogP contribution in [0.3, 0.4) is 0 Å². The van der Waals surface area contributed by atoms with Crippen molar-refractivity contribution in [1.29, 1.82) is 0 Å². The number of benzene rings is 2. The van der Waals surface area contributed by atoms with Crippen LogP contribution in [-0.4, -0.2) is 22.5 Å². The number of halogens is 1. The van der Waals surface area contributed by atoms with Gasteiger partial charge in [0.15, 0.2) is 0 Å². The molecule has 6 nitrogen and oxygen atoms in total. The minimum absolute atomic E-state index is 0.283. The topological polar surface area (TPSA) is 73.3 Å². The van der Waals surface area contributed by atoms with Gasteiger partial charge in [0.05, 0.1) is 23.7 Å². The van der Waals surface area contributed by atoms with Crippen LogP contribution in [0, 0.1) is 19.7 Å². The van der Waals surface area contributed by atoms with E-state index in [-0.39, 0.29) is 17.7 Å². The van der Waals surface area contributed by atoms with Crippen LogP contribution in [-0.2, 0) is 0 Å². The Morgan fingerprint density at radius 3 is 2.36 bits per heavy atom. The first-order valence-electron chi connectivity index (χ1n) is 8.79. The highest BCUT2D eigenvalue weighted by atomic mass is 19.1. The summed E-state index contributed by atoms with van der Waals surface area (Å²) in [7, 11) is 0. The van der Waals surface area contributed by atoms with Crippen molar-refractivity contribution in [2.24, 2.45) is 0 Å². The quantitative estimate of drug-likeness (QED) is 0.671. The summed E-state index contributed by atoms with van der Waals surface area (Å²) in [5.41, 5.74) is 2.18. The molecule has 0 radical (unpaired) electrons. The number of anilines is 1. The van der Waals surface area contributed by atoms with Gasteiger partial charge in [0.25, 0.3) is 5.91 Å². The summed E-state index contributed by atoms with van der Waals surface area (Å²) < 4.78 is 24.0. The fourth-order valence-electron chi connectivity index (χ4n) is 2.59. The van der Waals surface area contributed by atoms with E-state index in [9.17, 15) is 9.18 Å². The van der Waals surface area contributed by atoms with Crippen LogP contribution in [0.2, 0.25) is 0 Å². The molecule has 0 saturated carbocycles. The van der Waals surface area contributed by atoms with Crippen molar-refractivity contribution in [2.75, 3.05) is 11.9 Å². The molecule has 0 fully saturated rings. The van der Waals surface area contributed by atoms with Crippen LogP contribution in [0.5, 0.6) is 17.5 Å². The number of hydrogen-bond donors (Lipinski definition) is 1. The van der Waals surface area contributed by atoms with E-state index in [0.717, 1.165) is 0 Å². The zero-order chi connectivity index (χ0) is 20.1. The lowest BCUT2D eigenvalue weighted by Gasteiger charge is -2.13. The van der Waals surface area contributed by atoms with E-state index in [0.29, 0.717) is 40.7 Å². The van der Waals surface area contributed by atoms with Gasteiger partial charge in [0.2, 0.25) is 0 Å². The minimum atomic E-state index is -0.344. The van der Waals surface area contributed by atoms with Crippen molar-refractivity contribution >= 4 is 11.6 Å². The third kappa shape index (κ3) is 4.62. The van der Waals surface area contributed by atoms with Crippen molar-refractivity contribution in [3.63, 3.8) is 0 Å². The third-order valence-electron chi connectivity index (χ3n) is 3.91. The van der Waals surface area contributed by atoms with E-state index in [1.165, 1.54) is 24.3 Å². The Morgan fingerprint density at radius 2 is 1.71 bits per heavy atom. The fourth-order valence-corrected chi connectivity index (χ4v) is 2.59. The lowest BCUT2D eigenvalue weighted by atomic mass is 10.2. The fraction of sp³-hybridized carbons (Fsp3) is 0.190. The molecule has 144 valence electrons. The molecule has 0 aliphatic carbocycles. The highest BCUT2D eigenvalue weighted by Gasteiger charge is 2.14. The van der Waals surface area contributed by atoms with Crippen LogP contribution in [0.15, 0.2) is 48.5 Å². The van der Waals surface area contributed by atoms with E-state index >= 15 is 0 Å². The zero-order valence-electron chi connectivity index (χ0n) is 15.8. The molecule has 0 aliphatic rings. The summed E-state index contributed by atoms with van der Waals surface area (Å²) in [5, 5.41) is 2.84. The van der Waals surface area contributed by atoms with Gasteiger partial charge in [-0.05, 0) is 63.2 Å². The van der Waals surface area contributed by atoms with E-state index in [1.54, 1.807) is 38.1 Å². The second kappa shape index (κ2) is 8.47. The number of hydrogen-bond acceptors (Lipinski definition) is 5. The molecule has 7 heteroatoms. The van der Waals surface area contributed by atoms with E-state index in [2.05, 4.69) is 15.3 Å². The Bertz CT molecular complexity index is 967. The van der Waals surface area contributed by atoms with Gasteiger partial charge in [-0.1, -0.05) is 6.07 Å². The number of nitrogens with one attached hydrogen (secondary N) is 1. The maximum Gasteiger partial charge on any atom is 0.316 e. The van der Waals surface area contributed by atoms with E-state index in [1.807, 2.05) is 6.92 Å². The van der Waals surface area contributed by atoms with Gasteiger partial charge in [-0.2, -0.15) is 9.97 Å². The van der Waals surface area contributed by atoms with Gasteiger partial charge in [-0.15, -0.1) is 0 Å². The molecular formula is C21H20FN3O3. The minimum Gasteiger partial charge on any atom is -0.464 e. The molecule has 28 heavy (non-hydrogen) atoms. The van der Waals surface area contributed by atoms with E-state index in [4.69, 9.17) is 9.47 Å². The number of rotatable bonds is 6. The van der Waals surface area contributed by atoms with Crippen LogP contribution in [0.25, 0.3) is 0 Å². The Kier molecular flexibility index (Phi) is 5.84. The maximum atomic E-state index is 13.0. The zero-order valence-corrected chi connectivity index (χ0v) is 15.8. The molecule has 1 heterocycles. The summed E-state index contributed by atoms with van der Waals surface area (Å²) >= 11 is 0. The van der Waals surface area contributed by atoms with Gasteiger partial charge in [0.1, 0.15) is 17.3 Å². The molecule has 0 aliphatic heterocycles. The van der Waals surface area contributed by atoms with Gasteiger partial charge in [-0.25, -0.2) is 4.39 Å². The molecule has 1 amide bonds. The Hall–Kier alpha value is -3.48. The summed E-state index contributed by atoms with van der Waals surface area (Å²) in [6.07, 6.45) is 0. The Balaban J connectivity index is 1.77. The standard InChI is InChI=1S/C21H20FN3O3/c1-4-27-21-23-13(2)19(14(3)24-21)25-20(26)15-6-5-7-18(12-15)28-17-10-8-16(22)9-11-17/h5-12H,4H2,1-3H3,(H,25,26). The number of ether oxygens (including phenoxy) is 2. The molecule has 0 atom stereocenters. The molecule has 0 saturated heterocycles. The van der Waals surface area contributed by atoms with Crippen molar-refractivity contribution in [3.8, 4) is 17.5 Å². The highest BCUT2D eigenvalue weighted by Crippen LogP contribution is 2.24. The maximum absolute atomic E-state index is 13.0. The van der Waals surface area contributed by atoms with Crippen LogP contribution in [0.4, 0.5) is 10.1 Å². The average molecular weight is 381 g/mol. The molecule has 3 rings (SSSR count). The molecule has 0 spiro atoms. The Labute approximate surface area is 162 Å². The van der Waals surface area contributed by atoms with Crippen LogP contribution < -0.4 is 14.8 Å². The van der Waals surface area contributed by atoms with Crippen molar-refractivity contribution < 1.29 is 18.7 Å².